The lowest BCUT2D eigenvalue weighted by Gasteiger charge is -2.45. The molecule has 0 unspecified atom stereocenters. The van der Waals surface area contributed by atoms with Gasteiger partial charge in [0.25, 0.3) is 0 Å². The topological polar surface area (TPSA) is 109 Å². The first-order chi connectivity index (χ1) is 12.3. The number of aryl methyl sites for hydroxylation is 1. The summed E-state index contributed by atoms with van der Waals surface area (Å²) in [4.78, 5) is 23.0. The highest BCUT2D eigenvalue weighted by Crippen LogP contribution is 2.40. The fraction of sp³-hybridized carbons (Fsp3) is 0.526. The number of nitrogens with zero attached hydrogens (tertiary/aromatic N) is 3. The van der Waals surface area contributed by atoms with Gasteiger partial charge in [0.15, 0.2) is 0 Å². The molecule has 1 fully saturated rings. The monoisotopic (exact) mass is 356 g/mol. The third-order valence-corrected chi connectivity index (χ3v) is 5.11. The lowest BCUT2D eigenvalue weighted by molar-refractivity contribution is -0.118. The van der Waals surface area contributed by atoms with Crippen LogP contribution >= 0.6 is 0 Å². The summed E-state index contributed by atoms with van der Waals surface area (Å²) in [6, 6.07) is 5.93. The third kappa shape index (κ3) is 3.38. The zero-order chi connectivity index (χ0) is 18.9. The molecule has 1 aromatic carbocycles. The Hall–Kier alpha value is -2.57. The molecule has 1 aromatic rings. The van der Waals surface area contributed by atoms with Crippen LogP contribution in [-0.4, -0.2) is 23.5 Å². The molecule has 1 amide bonds. The SMILES string of the molecule is Cc1ccc(N2C(N)=NC(N)=NC23CCCCC3)cc1NC(=O)C(C)C. The average molecular weight is 356 g/mol. The first-order valence-electron chi connectivity index (χ1n) is 9.24. The Morgan fingerprint density at radius 3 is 2.58 bits per heavy atom. The summed E-state index contributed by atoms with van der Waals surface area (Å²) in [5.41, 5.74) is 14.4. The van der Waals surface area contributed by atoms with Crippen molar-refractivity contribution < 1.29 is 4.79 Å². The molecule has 1 aliphatic heterocycles. The number of aliphatic imine (C=N–C) groups is 2. The highest BCUT2D eigenvalue weighted by atomic mass is 16.1. The van der Waals surface area contributed by atoms with Crippen molar-refractivity contribution in [2.24, 2.45) is 27.4 Å². The van der Waals surface area contributed by atoms with Crippen molar-refractivity contribution in [2.45, 2.75) is 58.5 Å². The molecule has 3 rings (SSSR count). The van der Waals surface area contributed by atoms with E-state index in [0.717, 1.165) is 42.6 Å². The Labute approximate surface area is 154 Å². The number of rotatable bonds is 3. The maximum atomic E-state index is 12.1. The quantitative estimate of drug-likeness (QED) is 0.773. The van der Waals surface area contributed by atoms with Crippen molar-refractivity contribution in [1.82, 2.24) is 0 Å². The summed E-state index contributed by atoms with van der Waals surface area (Å²) < 4.78 is 0. The molecule has 0 radical (unpaired) electrons. The number of nitrogens with one attached hydrogen (secondary N) is 1. The minimum absolute atomic E-state index is 0.0137. The van der Waals surface area contributed by atoms with Crippen LogP contribution in [0.2, 0.25) is 0 Å². The summed E-state index contributed by atoms with van der Waals surface area (Å²) in [5.74, 6) is 0.486. The van der Waals surface area contributed by atoms with Crippen LogP contribution in [-0.2, 0) is 4.79 Å². The van der Waals surface area contributed by atoms with Gasteiger partial charge < -0.3 is 16.8 Å². The maximum Gasteiger partial charge on any atom is 0.226 e. The number of carbonyl (C=O) groups is 1. The number of nitrogens with two attached hydrogens (primary N) is 2. The Morgan fingerprint density at radius 1 is 1.23 bits per heavy atom. The van der Waals surface area contributed by atoms with E-state index < -0.39 is 5.66 Å². The van der Waals surface area contributed by atoms with Crippen LogP contribution in [0.3, 0.4) is 0 Å². The van der Waals surface area contributed by atoms with Crippen LogP contribution in [0.1, 0.15) is 51.5 Å². The van der Waals surface area contributed by atoms with Gasteiger partial charge in [0.05, 0.1) is 0 Å². The van der Waals surface area contributed by atoms with Gasteiger partial charge in [-0.05, 0) is 50.3 Å². The molecule has 5 N–H and O–H groups in total. The Kier molecular flexibility index (Phi) is 4.89. The first kappa shape index (κ1) is 18.2. The van der Waals surface area contributed by atoms with Crippen LogP contribution < -0.4 is 21.7 Å². The lowest BCUT2D eigenvalue weighted by Crippen LogP contribution is -2.58. The summed E-state index contributed by atoms with van der Waals surface area (Å²) in [7, 11) is 0. The first-order valence-corrected chi connectivity index (χ1v) is 9.24. The molecule has 0 aromatic heterocycles. The second-order valence-electron chi connectivity index (χ2n) is 7.46. The van der Waals surface area contributed by atoms with Crippen molar-refractivity contribution in [2.75, 3.05) is 10.2 Å². The molecule has 26 heavy (non-hydrogen) atoms. The highest BCUT2D eigenvalue weighted by Gasteiger charge is 2.42. The summed E-state index contributed by atoms with van der Waals surface area (Å²) >= 11 is 0. The molecule has 1 heterocycles. The number of hydrogen-bond donors (Lipinski definition) is 3. The van der Waals surface area contributed by atoms with Gasteiger partial charge in [0, 0.05) is 17.3 Å². The molecule has 0 atom stereocenters. The zero-order valence-corrected chi connectivity index (χ0v) is 15.7. The summed E-state index contributed by atoms with van der Waals surface area (Å²) in [5, 5.41) is 3.00. The Balaban J connectivity index is 2.01. The molecule has 0 bridgehead atoms. The molecule has 2 aliphatic rings. The molecular formula is C19H28N6O. The van der Waals surface area contributed by atoms with Crippen LogP contribution in [0, 0.1) is 12.8 Å². The van der Waals surface area contributed by atoms with Gasteiger partial charge in [-0.15, -0.1) is 0 Å². The van der Waals surface area contributed by atoms with Crippen LogP contribution in [0.4, 0.5) is 11.4 Å². The predicted molar refractivity (Wildman–Crippen MR) is 106 cm³/mol. The second kappa shape index (κ2) is 6.97. The summed E-state index contributed by atoms with van der Waals surface area (Å²) in [6.07, 6.45) is 5.09. The van der Waals surface area contributed by atoms with E-state index in [9.17, 15) is 4.79 Å². The van der Waals surface area contributed by atoms with Gasteiger partial charge in [-0.3, -0.25) is 9.69 Å². The third-order valence-electron chi connectivity index (χ3n) is 5.11. The second-order valence-corrected chi connectivity index (χ2v) is 7.46. The Morgan fingerprint density at radius 2 is 1.92 bits per heavy atom. The minimum Gasteiger partial charge on any atom is -0.369 e. The maximum absolute atomic E-state index is 12.1. The number of anilines is 2. The van der Waals surface area contributed by atoms with Gasteiger partial charge in [-0.25, -0.2) is 4.99 Å². The molecule has 0 saturated heterocycles. The average Bonchev–Trinajstić information content (AvgIpc) is 2.57. The van der Waals surface area contributed by atoms with E-state index in [1.54, 1.807) is 0 Å². The van der Waals surface area contributed by atoms with Crippen molar-refractivity contribution in [1.29, 1.82) is 0 Å². The van der Waals surface area contributed by atoms with E-state index in [4.69, 9.17) is 11.5 Å². The molecule has 7 nitrogen and oxygen atoms in total. The zero-order valence-electron chi connectivity index (χ0n) is 15.7. The van der Waals surface area contributed by atoms with E-state index in [1.165, 1.54) is 6.42 Å². The predicted octanol–water partition coefficient (Wildman–Crippen LogP) is 2.70. The number of benzene rings is 1. The van der Waals surface area contributed by atoms with Gasteiger partial charge in [0.2, 0.25) is 17.8 Å². The highest BCUT2D eigenvalue weighted by molar-refractivity contribution is 6.06. The van der Waals surface area contributed by atoms with E-state index in [-0.39, 0.29) is 17.8 Å². The molecule has 1 aliphatic carbocycles. The van der Waals surface area contributed by atoms with E-state index in [1.807, 2.05) is 43.9 Å². The number of amides is 1. The largest absolute Gasteiger partial charge is 0.369 e. The Bertz CT molecular complexity index is 761. The van der Waals surface area contributed by atoms with Crippen LogP contribution in [0.25, 0.3) is 0 Å². The molecule has 7 heteroatoms. The van der Waals surface area contributed by atoms with Crippen LogP contribution in [0.15, 0.2) is 28.2 Å². The fourth-order valence-electron chi connectivity index (χ4n) is 3.66. The van der Waals surface area contributed by atoms with Gasteiger partial charge in [-0.1, -0.05) is 26.3 Å². The molecule has 1 saturated carbocycles. The number of hydrogen-bond acceptors (Lipinski definition) is 6. The van der Waals surface area contributed by atoms with Gasteiger partial charge >= 0.3 is 0 Å². The van der Waals surface area contributed by atoms with Crippen LogP contribution in [0.5, 0.6) is 0 Å². The molecule has 1 spiro atoms. The fourth-order valence-corrected chi connectivity index (χ4v) is 3.66. The van der Waals surface area contributed by atoms with E-state index >= 15 is 0 Å². The van der Waals surface area contributed by atoms with Gasteiger partial charge in [0.1, 0.15) is 5.66 Å². The van der Waals surface area contributed by atoms with Crippen molar-refractivity contribution in [3.05, 3.63) is 23.8 Å². The normalized spacial score (nSPS) is 19.3. The molecular weight excluding hydrogens is 328 g/mol. The van der Waals surface area contributed by atoms with Crippen molar-refractivity contribution >= 4 is 29.2 Å². The standard InChI is InChI=1S/C19H28N6O/c1-12(2)16(26)22-15-11-14(8-7-13(15)3)25-18(21)23-17(20)24-19(25)9-5-4-6-10-19/h7-8,11-12H,4-6,9-10H2,1-3H3,(H,22,26)(H4,20,21,23,24). The summed E-state index contributed by atoms with van der Waals surface area (Å²) in [6.45, 7) is 5.72. The number of carbonyl (C=O) groups excluding carboxylic acids is 1. The lowest BCUT2D eigenvalue weighted by atomic mass is 9.87. The van der Waals surface area contributed by atoms with Crippen molar-refractivity contribution in [3.63, 3.8) is 0 Å². The van der Waals surface area contributed by atoms with E-state index in [2.05, 4.69) is 15.3 Å². The number of guanidine groups is 2. The van der Waals surface area contributed by atoms with Gasteiger partial charge in [-0.2, -0.15) is 4.99 Å². The minimum atomic E-state index is -0.483. The molecule has 140 valence electrons. The smallest absolute Gasteiger partial charge is 0.226 e. The van der Waals surface area contributed by atoms with E-state index in [0.29, 0.717) is 5.96 Å². The van der Waals surface area contributed by atoms with Crippen molar-refractivity contribution in [3.8, 4) is 0 Å².